The Kier molecular flexibility index (Phi) is 4.43. The summed E-state index contributed by atoms with van der Waals surface area (Å²) < 4.78 is 0. The summed E-state index contributed by atoms with van der Waals surface area (Å²) in [5.74, 6) is 0.659. The van der Waals surface area contributed by atoms with E-state index in [0.29, 0.717) is 17.5 Å². The van der Waals surface area contributed by atoms with Crippen LogP contribution in [0.5, 0.6) is 5.75 Å². The number of hydrogen-bond donors (Lipinski definition) is 2. The van der Waals surface area contributed by atoms with Crippen molar-refractivity contribution in [3.63, 3.8) is 0 Å². The molecule has 1 heterocycles. The quantitative estimate of drug-likeness (QED) is 0.870. The first-order valence-corrected chi connectivity index (χ1v) is 6.87. The molecule has 0 saturated carbocycles. The minimum Gasteiger partial charge on any atom is -0.508 e. The molecule has 1 aromatic carbocycles. The summed E-state index contributed by atoms with van der Waals surface area (Å²) in [5.41, 5.74) is 0.594. The number of phenols is 1. The Morgan fingerprint density at radius 1 is 1.42 bits per heavy atom. The van der Waals surface area contributed by atoms with Gasteiger partial charge in [-0.25, -0.2) is 0 Å². The maximum atomic E-state index is 11.9. The number of hydrogen-bond acceptors (Lipinski definition) is 3. The van der Waals surface area contributed by atoms with Gasteiger partial charge in [-0.05, 0) is 57.0 Å². The van der Waals surface area contributed by atoms with Crippen LogP contribution in [-0.2, 0) is 0 Å². The molecule has 1 amide bonds. The summed E-state index contributed by atoms with van der Waals surface area (Å²) in [5, 5.41) is 12.2. The number of nitrogens with zero attached hydrogens (tertiary/aromatic N) is 1. The van der Waals surface area contributed by atoms with Crippen LogP contribution in [-0.4, -0.2) is 41.6 Å². The van der Waals surface area contributed by atoms with Crippen LogP contribution >= 0.6 is 0 Å². The molecule has 1 aliphatic heterocycles. The van der Waals surface area contributed by atoms with E-state index in [1.54, 1.807) is 12.1 Å². The van der Waals surface area contributed by atoms with Crippen molar-refractivity contribution in [2.75, 3.05) is 19.6 Å². The largest absolute Gasteiger partial charge is 0.508 e. The molecule has 1 fully saturated rings. The van der Waals surface area contributed by atoms with Crippen molar-refractivity contribution in [2.45, 2.75) is 26.3 Å². The van der Waals surface area contributed by atoms with Crippen LogP contribution in [0.4, 0.5) is 0 Å². The van der Waals surface area contributed by atoms with Crippen molar-refractivity contribution < 1.29 is 9.90 Å². The Morgan fingerprint density at radius 2 is 2.11 bits per heavy atom. The van der Waals surface area contributed by atoms with Gasteiger partial charge in [0.2, 0.25) is 0 Å². The molecule has 0 spiro atoms. The molecule has 2 N–H and O–H groups in total. The Balaban J connectivity index is 1.80. The highest BCUT2D eigenvalue weighted by atomic mass is 16.3. The molecular formula is C15H22N2O2. The zero-order valence-corrected chi connectivity index (χ0v) is 11.6. The second kappa shape index (κ2) is 6.06. The van der Waals surface area contributed by atoms with E-state index in [9.17, 15) is 9.90 Å². The molecule has 4 nitrogen and oxygen atoms in total. The Morgan fingerprint density at radius 3 is 2.68 bits per heavy atom. The van der Waals surface area contributed by atoms with Crippen molar-refractivity contribution >= 4 is 5.91 Å². The fourth-order valence-electron chi connectivity index (χ4n) is 2.45. The lowest BCUT2D eigenvalue weighted by atomic mass is 10.1. The van der Waals surface area contributed by atoms with Gasteiger partial charge in [-0.2, -0.15) is 0 Å². The lowest BCUT2D eigenvalue weighted by Crippen LogP contribution is -2.32. The minimum absolute atomic E-state index is 0.0667. The van der Waals surface area contributed by atoms with Crippen LogP contribution in [0.1, 0.15) is 30.6 Å². The van der Waals surface area contributed by atoms with Gasteiger partial charge in [0.1, 0.15) is 5.75 Å². The van der Waals surface area contributed by atoms with E-state index in [1.807, 2.05) is 0 Å². The van der Waals surface area contributed by atoms with E-state index in [2.05, 4.69) is 24.1 Å². The Labute approximate surface area is 114 Å². The number of carbonyl (C=O) groups excluding carboxylic acids is 1. The first-order valence-electron chi connectivity index (χ1n) is 6.87. The molecule has 0 radical (unpaired) electrons. The highest BCUT2D eigenvalue weighted by molar-refractivity contribution is 5.94. The fourth-order valence-corrected chi connectivity index (χ4v) is 2.45. The lowest BCUT2D eigenvalue weighted by Gasteiger charge is -2.20. The van der Waals surface area contributed by atoms with Gasteiger partial charge in [0.25, 0.3) is 5.91 Å². The highest BCUT2D eigenvalue weighted by Crippen LogP contribution is 2.17. The van der Waals surface area contributed by atoms with Gasteiger partial charge in [-0.15, -0.1) is 0 Å². The molecule has 4 heteroatoms. The lowest BCUT2D eigenvalue weighted by molar-refractivity contribution is 0.0947. The second-order valence-electron chi connectivity index (χ2n) is 5.50. The van der Waals surface area contributed by atoms with E-state index in [0.717, 1.165) is 26.1 Å². The van der Waals surface area contributed by atoms with Gasteiger partial charge in [0, 0.05) is 24.7 Å². The van der Waals surface area contributed by atoms with Gasteiger partial charge in [-0.3, -0.25) is 4.79 Å². The number of aromatic hydroxyl groups is 1. The molecule has 1 aromatic rings. The minimum atomic E-state index is -0.0667. The predicted octanol–water partition coefficient (Wildman–Crippen LogP) is 1.85. The predicted molar refractivity (Wildman–Crippen MR) is 75.3 cm³/mol. The Bertz CT molecular complexity index is 428. The highest BCUT2D eigenvalue weighted by Gasteiger charge is 2.24. The number of carbonyl (C=O) groups is 1. The van der Waals surface area contributed by atoms with E-state index < -0.39 is 0 Å². The molecule has 0 aliphatic carbocycles. The number of likely N-dealkylation sites (tertiary alicyclic amines) is 1. The maximum Gasteiger partial charge on any atom is 0.251 e. The van der Waals surface area contributed by atoms with E-state index >= 15 is 0 Å². The molecule has 0 bridgehead atoms. The first-order chi connectivity index (χ1) is 9.06. The van der Waals surface area contributed by atoms with Gasteiger partial charge in [0.15, 0.2) is 0 Å². The van der Waals surface area contributed by atoms with Gasteiger partial charge >= 0.3 is 0 Å². The van der Waals surface area contributed by atoms with Crippen molar-refractivity contribution in [3.05, 3.63) is 29.8 Å². The molecule has 19 heavy (non-hydrogen) atoms. The summed E-state index contributed by atoms with van der Waals surface area (Å²) in [6, 6.07) is 6.92. The first kappa shape index (κ1) is 13.9. The Hall–Kier alpha value is -1.55. The van der Waals surface area contributed by atoms with Gasteiger partial charge in [-0.1, -0.05) is 0 Å². The van der Waals surface area contributed by atoms with Crippen LogP contribution in [0, 0.1) is 5.92 Å². The molecule has 104 valence electrons. The summed E-state index contributed by atoms with van der Waals surface area (Å²) in [6.07, 6.45) is 1.15. The standard InChI is InChI=1S/C15H22N2O2/c1-11(2)17-8-7-12(10-17)9-16-15(19)13-3-5-14(18)6-4-13/h3-6,11-12,18H,7-10H2,1-2H3,(H,16,19). The van der Waals surface area contributed by atoms with Crippen molar-refractivity contribution in [2.24, 2.45) is 5.92 Å². The number of amides is 1. The average molecular weight is 262 g/mol. The topological polar surface area (TPSA) is 52.6 Å². The monoisotopic (exact) mass is 262 g/mol. The molecule has 2 rings (SSSR count). The maximum absolute atomic E-state index is 11.9. The molecular weight excluding hydrogens is 240 g/mol. The number of nitrogens with one attached hydrogen (secondary N) is 1. The van der Waals surface area contributed by atoms with E-state index in [-0.39, 0.29) is 11.7 Å². The number of phenolic OH excluding ortho intramolecular Hbond substituents is 1. The molecule has 1 unspecified atom stereocenters. The number of rotatable bonds is 4. The molecule has 1 atom stereocenters. The third-order valence-corrected chi connectivity index (χ3v) is 3.73. The van der Waals surface area contributed by atoms with Crippen LogP contribution < -0.4 is 5.32 Å². The van der Waals surface area contributed by atoms with Crippen molar-refractivity contribution in [1.82, 2.24) is 10.2 Å². The summed E-state index contributed by atoms with van der Waals surface area (Å²) in [4.78, 5) is 14.4. The number of benzene rings is 1. The summed E-state index contributed by atoms with van der Waals surface area (Å²) in [7, 11) is 0. The van der Waals surface area contributed by atoms with Crippen molar-refractivity contribution in [1.29, 1.82) is 0 Å². The molecule has 1 saturated heterocycles. The third-order valence-electron chi connectivity index (χ3n) is 3.73. The van der Waals surface area contributed by atoms with E-state index in [1.165, 1.54) is 12.1 Å². The van der Waals surface area contributed by atoms with Crippen molar-refractivity contribution in [3.8, 4) is 5.75 Å². The van der Waals surface area contributed by atoms with Crippen LogP contribution in [0.25, 0.3) is 0 Å². The van der Waals surface area contributed by atoms with Crippen LogP contribution in [0.2, 0.25) is 0 Å². The third kappa shape index (κ3) is 3.70. The van der Waals surface area contributed by atoms with E-state index in [4.69, 9.17) is 0 Å². The smallest absolute Gasteiger partial charge is 0.251 e. The van der Waals surface area contributed by atoms with Crippen LogP contribution in [0.15, 0.2) is 24.3 Å². The molecule has 1 aliphatic rings. The normalized spacial score (nSPS) is 19.8. The molecule has 0 aromatic heterocycles. The average Bonchev–Trinajstić information content (AvgIpc) is 2.86. The summed E-state index contributed by atoms with van der Waals surface area (Å²) >= 11 is 0. The fraction of sp³-hybridized carbons (Fsp3) is 0.533. The second-order valence-corrected chi connectivity index (χ2v) is 5.50. The summed E-state index contributed by atoms with van der Waals surface area (Å²) in [6.45, 7) is 7.32. The van der Waals surface area contributed by atoms with Gasteiger partial charge < -0.3 is 15.3 Å². The van der Waals surface area contributed by atoms with Gasteiger partial charge in [0.05, 0.1) is 0 Å². The van der Waals surface area contributed by atoms with Crippen LogP contribution in [0.3, 0.4) is 0 Å². The zero-order chi connectivity index (χ0) is 13.8. The zero-order valence-electron chi connectivity index (χ0n) is 11.6. The SMILES string of the molecule is CC(C)N1CCC(CNC(=O)c2ccc(O)cc2)C1.